The van der Waals surface area contributed by atoms with Crippen LogP contribution in [-0.2, 0) is 20.8 Å². The lowest BCUT2D eigenvalue weighted by Crippen LogP contribution is -2.57. The number of phenolic OH excluding ortho intramolecular Hbond substituents is 1. The summed E-state index contributed by atoms with van der Waals surface area (Å²) in [5.74, 6) is -1.75. The number of para-hydroxylation sites is 1. The second kappa shape index (κ2) is 17.2. The van der Waals surface area contributed by atoms with Crippen LogP contribution in [0, 0.1) is 11.8 Å². The molecule has 13 heteroatoms. The van der Waals surface area contributed by atoms with Crippen LogP contribution in [0.1, 0.15) is 68.7 Å². The van der Waals surface area contributed by atoms with Crippen molar-refractivity contribution in [2.45, 2.75) is 77.9 Å². The Labute approximate surface area is 273 Å². The van der Waals surface area contributed by atoms with Crippen LogP contribution in [0.4, 0.5) is 0 Å². The standard InChI is InChI=1S/C33H45N7O5S/c1-19(2)11-16-27(42)37-25(18-21-12-14-22(41)15-13-21)30(44)40-28(20(3)4)31(45)38-24(9-7-17-36-33(34)35)29(43)32-39-23-8-5-6-10-26(23)46-32/h5-6,8,10,12-15,19-20,24-25,28,41H,7,9,11,16-18H2,1-4H3,(H,37,42)(H,38,45)(H,40,44)(H4,34,35,36)/t24-,25-,28-/m0/s1. The molecule has 0 saturated heterocycles. The average Bonchev–Trinajstić information content (AvgIpc) is 3.44. The van der Waals surface area contributed by atoms with E-state index in [-0.39, 0.29) is 60.1 Å². The third-order valence-corrected chi connectivity index (χ3v) is 8.36. The Morgan fingerprint density at radius 3 is 2.22 bits per heavy atom. The van der Waals surface area contributed by atoms with Crippen LogP contribution in [0.5, 0.6) is 5.75 Å². The molecular weight excluding hydrogens is 606 g/mol. The summed E-state index contributed by atoms with van der Waals surface area (Å²) in [6.07, 6.45) is 1.71. The van der Waals surface area contributed by atoms with Gasteiger partial charge in [-0.25, -0.2) is 4.98 Å². The molecule has 0 aliphatic heterocycles. The van der Waals surface area contributed by atoms with Gasteiger partial charge in [-0.15, -0.1) is 11.3 Å². The van der Waals surface area contributed by atoms with Crippen LogP contribution in [0.15, 0.2) is 53.5 Å². The lowest BCUT2D eigenvalue weighted by molar-refractivity contribution is -0.133. The Morgan fingerprint density at radius 1 is 0.891 bits per heavy atom. The van der Waals surface area contributed by atoms with Crippen molar-refractivity contribution in [3.05, 3.63) is 59.1 Å². The molecule has 0 radical (unpaired) electrons. The molecule has 0 bridgehead atoms. The molecule has 3 rings (SSSR count). The normalized spacial score (nSPS) is 13.2. The van der Waals surface area contributed by atoms with E-state index in [0.717, 1.165) is 10.3 Å². The number of amides is 3. The Balaban J connectivity index is 1.80. The van der Waals surface area contributed by atoms with Crippen molar-refractivity contribution in [3.8, 4) is 5.75 Å². The molecule has 8 N–H and O–H groups in total. The maximum atomic E-state index is 13.7. The third-order valence-electron chi connectivity index (χ3n) is 7.31. The first kappa shape index (κ1) is 36.0. The number of rotatable bonds is 17. The molecule has 2 aromatic carbocycles. The Bertz CT molecular complexity index is 1480. The first-order valence-electron chi connectivity index (χ1n) is 15.5. The Kier molecular flexibility index (Phi) is 13.5. The molecule has 0 unspecified atom stereocenters. The lowest BCUT2D eigenvalue weighted by atomic mass is 9.99. The van der Waals surface area contributed by atoms with Gasteiger partial charge in [0.05, 0.1) is 16.3 Å². The molecule has 0 spiro atoms. The fourth-order valence-electron chi connectivity index (χ4n) is 4.71. The van der Waals surface area contributed by atoms with Gasteiger partial charge in [0.25, 0.3) is 0 Å². The smallest absolute Gasteiger partial charge is 0.243 e. The number of thiazole rings is 1. The van der Waals surface area contributed by atoms with Crippen molar-refractivity contribution in [1.82, 2.24) is 20.9 Å². The van der Waals surface area contributed by atoms with Crippen molar-refractivity contribution in [1.29, 1.82) is 0 Å². The zero-order chi connectivity index (χ0) is 33.8. The first-order valence-corrected chi connectivity index (χ1v) is 16.3. The second-order valence-corrected chi connectivity index (χ2v) is 13.0. The first-order chi connectivity index (χ1) is 21.8. The van der Waals surface area contributed by atoms with Gasteiger partial charge in [0, 0.05) is 19.4 Å². The maximum Gasteiger partial charge on any atom is 0.243 e. The van der Waals surface area contributed by atoms with Gasteiger partial charge >= 0.3 is 0 Å². The zero-order valence-electron chi connectivity index (χ0n) is 26.8. The number of aromatic nitrogens is 1. The van der Waals surface area contributed by atoms with Crippen LogP contribution in [0.25, 0.3) is 10.2 Å². The molecule has 0 aliphatic rings. The average molecular weight is 652 g/mol. The van der Waals surface area contributed by atoms with E-state index in [4.69, 9.17) is 11.5 Å². The van der Waals surface area contributed by atoms with Gasteiger partial charge < -0.3 is 32.5 Å². The van der Waals surface area contributed by atoms with Gasteiger partial charge in [-0.05, 0) is 60.9 Å². The number of nitrogens with zero attached hydrogens (tertiary/aromatic N) is 2. The molecule has 3 atom stereocenters. The predicted octanol–water partition coefficient (Wildman–Crippen LogP) is 3.03. The summed E-state index contributed by atoms with van der Waals surface area (Å²) >= 11 is 1.24. The summed E-state index contributed by atoms with van der Waals surface area (Å²) in [5, 5.41) is 18.4. The molecule has 46 heavy (non-hydrogen) atoms. The number of hydrogen-bond donors (Lipinski definition) is 6. The number of phenols is 1. The molecule has 3 aromatic rings. The predicted molar refractivity (Wildman–Crippen MR) is 180 cm³/mol. The van der Waals surface area contributed by atoms with Crippen molar-refractivity contribution in [3.63, 3.8) is 0 Å². The minimum absolute atomic E-state index is 0.0705. The highest BCUT2D eigenvalue weighted by molar-refractivity contribution is 7.20. The van der Waals surface area contributed by atoms with Crippen LogP contribution >= 0.6 is 11.3 Å². The minimum Gasteiger partial charge on any atom is -0.508 e. The quantitative estimate of drug-likeness (QED) is 0.0553. The van der Waals surface area contributed by atoms with Crippen LogP contribution in [0.3, 0.4) is 0 Å². The molecule has 0 saturated carbocycles. The summed E-state index contributed by atoms with van der Waals surface area (Å²) < 4.78 is 0.846. The second-order valence-electron chi connectivity index (χ2n) is 12.0. The van der Waals surface area contributed by atoms with Crippen LogP contribution in [0.2, 0.25) is 0 Å². The minimum atomic E-state index is -1.01. The topological polar surface area (TPSA) is 202 Å². The number of aliphatic imine (C=N–C) groups is 1. The van der Waals surface area contributed by atoms with E-state index in [1.54, 1.807) is 26.0 Å². The van der Waals surface area contributed by atoms with E-state index in [2.05, 4.69) is 25.9 Å². The molecular formula is C33H45N7O5S. The van der Waals surface area contributed by atoms with E-state index in [1.165, 1.54) is 23.5 Å². The SMILES string of the molecule is CC(C)CCC(=O)N[C@@H](Cc1ccc(O)cc1)C(=O)N[C@H](C(=O)N[C@@H](CCCN=C(N)N)C(=O)c1nc2ccccc2s1)C(C)C. The maximum absolute atomic E-state index is 13.7. The van der Waals surface area contributed by atoms with Gasteiger partial charge in [-0.2, -0.15) is 0 Å². The molecule has 1 heterocycles. The summed E-state index contributed by atoms with van der Waals surface area (Å²) in [5.41, 5.74) is 12.3. The number of carbonyl (C=O) groups excluding carboxylic acids is 4. The number of hydrogen-bond acceptors (Lipinski definition) is 8. The van der Waals surface area contributed by atoms with Gasteiger partial charge in [0.1, 0.15) is 17.8 Å². The molecule has 248 valence electrons. The highest BCUT2D eigenvalue weighted by Crippen LogP contribution is 2.23. The molecule has 1 aromatic heterocycles. The van der Waals surface area contributed by atoms with E-state index in [1.807, 2.05) is 38.1 Å². The summed E-state index contributed by atoms with van der Waals surface area (Å²) in [6.45, 7) is 7.85. The summed E-state index contributed by atoms with van der Waals surface area (Å²) in [4.78, 5) is 62.2. The number of Topliss-reactive ketones (excluding diaryl/α,β-unsaturated/α-hetero) is 1. The Morgan fingerprint density at radius 2 is 1.59 bits per heavy atom. The van der Waals surface area contributed by atoms with Crippen molar-refractivity contribution >= 4 is 51.0 Å². The van der Waals surface area contributed by atoms with Crippen LogP contribution < -0.4 is 27.4 Å². The number of guanidine groups is 1. The molecule has 12 nitrogen and oxygen atoms in total. The monoisotopic (exact) mass is 651 g/mol. The largest absolute Gasteiger partial charge is 0.508 e. The highest BCUT2D eigenvalue weighted by atomic mass is 32.1. The van der Waals surface area contributed by atoms with Gasteiger partial charge in [-0.1, -0.05) is 52.0 Å². The number of carbonyl (C=O) groups is 4. The van der Waals surface area contributed by atoms with Crippen molar-refractivity contribution in [2.24, 2.45) is 28.3 Å². The van der Waals surface area contributed by atoms with Crippen molar-refractivity contribution in [2.75, 3.05) is 6.54 Å². The van der Waals surface area contributed by atoms with E-state index < -0.39 is 29.9 Å². The number of aromatic hydroxyl groups is 1. The fraction of sp³-hybridized carbons (Fsp3) is 0.455. The van der Waals surface area contributed by atoms with Gasteiger partial charge in [0.2, 0.25) is 23.5 Å². The molecule has 0 fully saturated rings. The highest BCUT2D eigenvalue weighted by Gasteiger charge is 2.32. The molecule has 3 amide bonds. The zero-order valence-corrected chi connectivity index (χ0v) is 27.6. The number of nitrogens with one attached hydrogen (secondary N) is 3. The number of benzene rings is 2. The van der Waals surface area contributed by atoms with Crippen molar-refractivity contribution < 1.29 is 24.3 Å². The Hall–Kier alpha value is -4.52. The molecule has 0 aliphatic carbocycles. The summed E-state index contributed by atoms with van der Waals surface area (Å²) in [7, 11) is 0. The number of nitrogens with two attached hydrogens (primary N) is 2. The summed E-state index contributed by atoms with van der Waals surface area (Å²) in [6, 6.07) is 10.8. The number of ketones is 1. The van der Waals surface area contributed by atoms with Gasteiger partial charge in [-0.3, -0.25) is 24.2 Å². The van der Waals surface area contributed by atoms with E-state index >= 15 is 0 Å². The third kappa shape index (κ3) is 11.1. The van der Waals surface area contributed by atoms with E-state index in [9.17, 15) is 24.3 Å². The van der Waals surface area contributed by atoms with E-state index in [0.29, 0.717) is 24.3 Å². The lowest BCUT2D eigenvalue weighted by Gasteiger charge is -2.27. The van der Waals surface area contributed by atoms with Crippen LogP contribution in [-0.4, -0.2) is 64.2 Å². The number of fused-ring (bicyclic) bond motifs is 1. The fourth-order valence-corrected chi connectivity index (χ4v) is 5.67. The van der Waals surface area contributed by atoms with Gasteiger partial charge in [0.15, 0.2) is 11.0 Å².